The number of thiophene rings is 1. The second-order valence-corrected chi connectivity index (χ2v) is 7.53. The first-order valence-corrected chi connectivity index (χ1v) is 8.25. The van der Waals surface area contributed by atoms with Crippen molar-refractivity contribution in [3.8, 4) is 0 Å². The molecular formula is C11H16ClNOS2. The van der Waals surface area contributed by atoms with E-state index in [1.807, 2.05) is 6.07 Å². The van der Waals surface area contributed by atoms with E-state index in [1.54, 1.807) is 11.3 Å². The SMILES string of the molecule is O=S1CCC(NCCc2ccc(Cl)s2)CC1. The predicted octanol–water partition coefficient (Wildman–Crippen LogP) is 2.44. The van der Waals surface area contributed by atoms with E-state index in [0.29, 0.717) is 6.04 Å². The topological polar surface area (TPSA) is 29.1 Å². The lowest BCUT2D eigenvalue weighted by Crippen LogP contribution is -2.36. The molecule has 1 aliphatic heterocycles. The van der Waals surface area contributed by atoms with Gasteiger partial charge in [-0.25, -0.2) is 0 Å². The molecule has 1 N–H and O–H groups in total. The van der Waals surface area contributed by atoms with Crippen LogP contribution in [0.15, 0.2) is 12.1 Å². The fraction of sp³-hybridized carbons (Fsp3) is 0.636. The van der Waals surface area contributed by atoms with E-state index >= 15 is 0 Å². The molecule has 0 aromatic carbocycles. The average Bonchev–Trinajstić information content (AvgIpc) is 2.67. The van der Waals surface area contributed by atoms with Crippen LogP contribution in [0.25, 0.3) is 0 Å². The summed E-state index contributed by atoms with van der Waals surface area (Å²) in [5.74, 6) is 1.73. The summed E-state index contributed by atoms with van der Waals surface area (Å²) in [6.45, 7) is 0.994. The normalized spacial score (nSPS) is 25.8. The summed E-state index contributed by atoms with van der Waals surface area (Å²) in [5, 5.41) is 3.53. The molecule has 1 aromatic heterocycles. The van der Waals surface area contributed by atoms with Gasteiger partial charge in [0.15, 0.2) is 0 Å². The van der Waals surface area contributed by atoms with Crippen LogP contribution in [0.5, 0.6) is 0 Å². The Bertz CT molecular complexity index is 357. The third kappa shape index (κ3) is 3.84. The van der Waals surface area contributed by atoms with Gasteiger partial charge in [0.1, 0.15) is 0 Å². The monoisotopic (exact) mass is 277 g/mol. The largest absolute Gasteiger partial charge is 0.314 e. The Morgan fingerprint density at radius 2 is 2.19 bits per heavy atom. The molecule has 0 unspecified atom stereocenters. The molecule has 1 fully saturated rings. The van der Waals surface area contributed by atoms with Crippen molar-refractivity contribution in [1.29, 1.82) is 0 Å². The number of rotatable bonds is 4. The van der Waals surface area contributed by atoms with Gasteiger partial charge >= 0.3 is 0 Å². The summed E-state index contributed by atoms with van der Waals surface area (Å²) in [6.07, 6.45) is 3.15. The molecule has 1 aromatic rings. The fourth-order valence-corrected chi connectivity index (χ4v) is 4.27. The molecule has 2 heterocycles. The van der Waals surface area contributed by atoms with Crippen molar-refractivity contribution in [2.24, 2.45) is 0 Å². The fourth-order valence-electron chi connectivity index (χ4n) is 1.88. The van der Waals surface area contributed by atoms with Crippen molar-refractivity contribution < 1.29 is 4.21 Å². The smallest absolute Gasteiger partial charge is 0.0931 e. The molecule has 5 heteroatoms. The second kappa shape index (κ2) is 6.15. The van der Waals surface area contributed by atoms with E-state index in [0.717, 1.165) is 41.6 Å². The molecule has 0 spiro atoms. The van der Waals surface area contributed by atoms with Crippen molar-refractivity contribution in [1.82, 2.24) is 5.32 Å². The minimum atomic E-state index is -0.554. The zero-order chi connectivity index (χ0) is 11.4. The highest BCUT2D eigenvalue weighted by atomic mass is 35.5. The second-order valence-electron chi connectivity index (χ2n) is 4.03. The molecule has 0 aliphatic carbocycles. The van der Waals surface area contributed by atoms with Crippen LogP contribution in [-0.2, 0) is 17.2 Å². The maximum Gasteiger partial charge on any atom is 0.0931 e. The third-order valence-corrected chi connectivity index (χ3v) is 5.49. The summed E-state index contributed by atoms with van der Waals surface area (Å²) in [5.41, 5.74) is 0. The van der Waals surface area contributed by atoms with Crippen molar-refractivity contribution in [3.63, 3.8) is 0 Å². The lowest BCUT2D eigenvalue weighted by molar-refractivity contribution is 0.480. The molecule has 0 amide bonds. The quantitative estimate of drug-likeness (QED) is 0.916. The van der Waals surface area contributed by atoms with Crippen LogP contribution in [-0.4, -0.2) is 28.3 Å². The molecule has 0 saturated carbocycles. The van der Waals surface area contributed by atoms with Crippen LogP contribution in [0.4, 0.5) is 0 Å². The van der Waals surface area contributed by atoms with E-state index < -0.39 is 10.8 Å². The van der Waals surface area contributed by atoms with E-state index in [-0.39, 0.29) is 0 Å². The molecular weight excluding hydrogens is 262 g/mol. The van der Waals surface area contributed by atoms with Gasteiger partial charge in [-0.05, 0) is 31.4 Å². The highest BCUT2D eigenvalue weighted by Gasteiger charge is 2.16. The zero-order valence-corrected chi connectivity index (χ0v) is 11.5. The third-order valence-electron chi connectivity index (χ3n) is 2.82. The van der Waals surface area contributed by atoms with Gasteiger partial charge in [0.05, 0.1) is 4.34 Å². The Morgan fingerprint density at radius 3 is 2.81 bits per heavy atom. The molecule has 90 valence electrons. The molecule has 1 saturated heterocycles. The lowest BCUT2D eigenvalue weighted by atomic mass is 10.1. The number of nitrogens with one attached hydrogen (secondary N) is 1. The summed E-state index contributed by atoms with van der Waals surface area (Å²) < 4.78 is 12.0. The van der Waals surface area contributed by atoms with Gasteiger partial charge in [-0.15, -0.1) is 11.3 Å². The molecule has 2 rings (SSSR count). The minimum Gasteiger partial charge on any atom is -0.314 e. The molecule has 0 bridgehead atoms. The highest BCUT2D eigenvalue weighted by molar-refractivity contribution is 7.85. The predicted molar refractivity (Wildman–Crippen MR) is 71.9 cm³/mol. The lowest BCUT2D eigenvalue weighted by Gasteiger charge is -2.22. The Labute approximate surface area is 108 Å². The Kier molecular flexibility index (Phi) is 4.82. The zero-order valence-electron chi connectivity index (χ0n) is 9.08. The van der Waals surface area contributed by atoms with Gasteiger partial charge in [0.25, 0.3) is 0 Å². The molecule has 1 aliphatic rings. The first kappa shape index (κ1) is 12.6. The van der Waals surface area contributed by atoms with Gasteiger partial charge < -0.3 is 5.32 Å². The molecule has 0 atom stereocenters. The summed E-state index contributed by atoms with van der Waals surface area (Å²) >= 11 is 7.52. The van der Waals surface area contributed by atoms with Crippen molar-refractivity contribution in [2.75, 3.05) is 18.1 Å². The van der Waals surface area contributed by atoms with Crippen LogP contribution in [0.3, 0.4) is 0 Å². The molecule has 16 heavy (non-hydrogen) atoms. The van der Waals surface area contributed by atoms with Crippen LogP contribution in [0, 0.1) is 0 Å². The van der Waals surface area contributed by atoms with E-state index in [4.69, 9.17) is 11.6 Å². The van der Waals surface area contributed by atoms with E-state index in [9.17, 15) is 4.21 Å². The standard InChI is InChI=1S/C11H16ClNOS2/c12-11-2-1-10(15-11)3-6-13-9-4-7-16(14)8-5-9/h1-2,9,13H,3-8H2. The maximum atomic E-state index is 11.2. The van der Waals surface area contributed by atoms with E-state index in [2.05, 4.69) is 11.4 Å². The van der Waals surface area contributed by atoms with Crippen LogP contribution in [0.2, 0.25) is 4.34 Å². The van der Waals surface area contributed by atoms with Gasteiger partial charge in [0, 0.05) is 39.8 Å². The number of hydrogen-bond donors (Lipinski definition) is 1. The van der Waals surface area contributed by atoms with Crippen molar-refractivity contribution >= 4 is 33.7 Å². The summed E-state index contributed by atoms with van der Waals surface area (Å²) in [4.78, 5) is 1.33. The highest BCUT2D eigenvalue weighted by Crippen LogP contribution is 2.21. The van der Waals surface area contributed by atoms with Gasteiger partial charge in [-0.3, -0.25) is 4.21 Å². The van der Waals surface area contributed by atoms with Crippen molar-refractivity contribution in [2.45, 2.75) is 25.3 Å². The Hall–Kier alpha value is 0.1000. The maximum absolute atomic E-state index is 11.2. The van der Waals surface area contributed by atoms with Gasteiger partial charge in [-0.1, -0.05) is 11.6 Å². The minimum absolute atomic E-state index is 0.554. The average molecular weight is 278 g/mol. The number of halogens is 1. The Balaban J connectivity index is 1.66. The summed E-state index contributed by atoms with van der Waals surface area (Å²) in [6, 6.07) is 4.60. The van der Waals surface area contributed by atoms with Crippen LogP contribution >= 0.6 is 22.9 Å². The van der Waals surface area contributed by atoms with Crippen LogP contribution < -0.4 is 5.32 Å². The van der Waals surface area contributed by atoms with Crippen molar-refractivity contribution in [3.05, 3.63) is 21.3 Å². The summed E-state index contributed by atoms with van der Waals surface area (Å²) in [7, 11) is -0.554. The first-order chi connectivity index (χ1) is 7.74. The Morgan fingerprint density at radius 1 is 1.44 bits per heavy atom. The number of hydrogen-bond acceptors (Lipinski definition) is 3. The molecule has 0 radical (unpaired) electrons. The van der Waals surface area contributed by atoms with Crippen LogP contribution in [0.1, 0.15) is 17.7 Å². The molecule has 2 nitrogen and oxygen atoms in total. The van der Waals surface area contributed by atoms with E-state index in [1.165, 1.54) is 4.88 Å². The first-order valence-electron chi connectivity index (χ1n) is 5.56. The van der Waals surface area contributed by atoms with Gasteiger partial charge in [0.2, 0.25) is 0 Å². The van der Waals surface area contributed by atoms with Gasteiger partial charge in [-0.2, -0.15) is 0 Å².